The van der Waals surface area contributed by atoms with Crippen LogP contribution in [0.25, 0.3) is 21.5 Å². The van der Waals surface area contributed by atoms with Gasteiger partial charge in [-0.25, -0.2) is 36.4 Å². The Bertz CT molecular complexity index is 1880. The molecule has 13 nitrogen and oxygen atoms in total. The molecule has 17 heteroatoms. The monoisotopic (exact) mass is 690 g/mol. The molecule has 4 heterocycles. The zero-order chi connectivity index (χ0) is 34.6. The molecule has 0 radical (unpaired) electrons. The highest BCUT2D eigenvalue weighted by Gasteiger charge is 2.45. The number of sulfone groups is 1. The number of carbonyl (C=O) groups is 1. The Kier molecular flexibility index (Phi) is 10.5. The van der Waals surface area contributed by atoms with E-state index in [0.29, 0.717) is 23.8 Å². The number of nitrogens with zero attached hydrogens (tertiary/aromatic N) is 7. The number of halogens is 3. The minimum Gasteiger partial charge on any atom is -0.465 e. The molecule has 1 amide bonds. The third-order valence-electron chi connectivity index (χ3n) is 9.34. The minimum atomic E-state index is -3.54. The number of fused-ring (bicyclic) bond motifs is 1. The van der Waals surface area contributed by atoms with Gasteiger partial charge in [-0.15, -0.1) is 0 Å². The number of pyridine rings is 1. The van der Waals surface area contributed by atoms with Gasteiger partial charge < -0.3 is 15.3 Å². The fourth-order valence-corrected chi connectivity index (χ4v) is 8.09. The molecule has 0 saturated carbocycles. The summed E-state index contributed by atoms with van der Waals surface area (Å²) in [6.07, 6.45) is 1.39. The number of anilines is 1. The van der Waals surface area contributed by atoms with Crippen LogP contribution in [0, 0.1) is 11.7 Å². The van der Waals surface area contributed by atoms with Gasteiger partial charge >= 0.3 is 6.09 Å². The van der Waals surface area contributed by atoms with E-state index < -0.39 is 45.2 Å². The van der Waals surface area contributed by atoms with E-state index in [-0.39, 0.29) is 91.9 Å². The summed E-state index contributed by atoms with van der Waals surface area (Å²) in [5.41, 5.74) is 8.16. The lowest BCUT2D eigenvalue weighted by Gasteiger charge is -2.35. The van der Waals surface area contributed by atoms with Crippen molar-refractivity contribution in [3.05, 3.63) is 73.9 Å². The molecule has 2 aromatic heterocycles. The molecule has 2 saturated heterocycles. The lowest BCUT2D eigenvalue weighted by molar-refractivity contribution is -0.0861. The van der Waals surface area contributed by atoms with Crippen molar-refractivity contribution in [2.45, 2.75) is 69.9 Å². The highest BCUT2D eigenvalue weighted by Crippen LogP contribution is 2.44. The maximum absolute atomic E-state index is 15.9. The molecular weight excluding hydrogens is 653 g/mol. The molecule has 2 N–H and O–H groups in total. The van der Waals surface area contributed by atoms with E-state index in [1.807, 2.05) is 0 Å². The summed E-state index contributed by atoms with van der Waals surface area (Å²) in [6, 6.07) is 4.58. The molecule has 2 aliphatic rings. The van der Waals surface area contributed by atoms with Crippen molar-refractivity contribution in [1.29, 1.82) is 0 Å². The molecule has 3 aromatic rings. The number of aryl methyl sites for hydroxylation is 1. The summed E-state index contributed by atoms with van der Waals surface area (Å²) in [5.74, 6) is -6.04. The molecular formula is C31H37F3N8O5S. The summed E-state index contributed by atoms with van der Waals surface area (Å²) >= 11 is 0. The first-order valence-electron chi connectivity index (χ1n) is 15.8. The number of hydrogen-bond acceptors (Lipinski definition) is 8. The average Bonchev–Trinajstić information content (AvgIpc) is 3.05. The predicted molar refractivity (Wildman–Crippen MR) is 172 cm³/mol. The van der Waals surface area contributed by atoms with Crippen LogP contribution in [0.3, 0.4) is 0 Å². The maximum atomic E-state index is 15.9. The van der Waals surface area contributed by atoms with Crippen molar-refractivity contribution in [2.24, 2.45) is 11.0 Å². The Balaban J connectivity index is 1.47. The van der Waals surface area contributed by atoms with Crippen molar-refractivity contribution in [3.8, 4) is 0 Å². The van der Waals surface area contributed by atoms with Crippen LogP contribution in [0.15, 0.2) is 40.5 Å². The van der Waals surface area contributed by atoms with Crippen LogP contribution in [0.4, 0.5) is 23.8 Å². The minimum absolute atomic E-state index is 0.0361. The summed E-state index contributed by atoms with van der Waals surface area (Å²) in [6.45, 7) is 1.95. The molecule has 5 rings (SSSR count). The van der Waals surface area contributed by atoms with Crippen molar-refractivity contribution in [1.82, 2.24) is 19.4 Å². The molecule has 1 unspecified atom stereocenters. The lowest BCUT2D eigenvalue weighted by atomic mass is 9.85. The number of likely N-dealkylation sites (tertiary alicyclic amines) is 1. The Morgan fingerprint density at radius 2 is 1.90 bits per heavy atom. The Hall–Kier alpha value is -4.37. The lowest BCUT2D eigenvalue weighted by Crippen LogP contribution is -2.42. The zero-order valence-electron chi connectivity index (χ0n) is 26.4. The number of rotatable bonds is 11. The second-order valence-corrected chi connectivity index (χ2v) is 14.6. The molecule has 0 spiro atoms. The van der Waals surface area contributed by atoms with Crippen molar-refractivity contribution in [2.75, 3.05) is 36.5 Å². The predicted octanol–water partition coefficient (Wildman–Crippen LogP) is 5.97. The van der Waals surface area contributed by atoms with Gasteiger partial charge in [0.05, 0.1) is 28.5 Å². The Morgan fingerprint density at radius 3 is 2.56 bits per heavy atom. The molecule has 48 heavy (non-hydrogen) atoms. The van der Waals surface area contributed by atoms with E-state index in [0.717, 1.165) is 11.0 Å². The number of amides is 1. The van der Waals surface area contributed by atoms with Gasteiger partial charge in [-0.05, 0) is 63.0 Å². The van der Waals surface area contributed by atoms with Crippen LogP contribution in [-0.4, -0.2) is 70.2 Å². The number of azide groups is 1. The molecule has 2 aliphatic heterocycles. The first-order valence-corrected chi connectivity index (χ1v) is 17.7. The number of aromatic nitrogens is 3. The number of unbranched alkanes of at least 4 members (excludes halogenated alkanes) is 1. The molecule has 258 valence electrons. The smallest absolute Gasteiger partial charge is 0.407 e. The molecule has 2 fully saturated rings. The van der Waals surface area contributed by atoms with Gasteiger partial charge in [-0.3, -0.25) is 9.36 Å². The van der Waals surface area contributed by atoms with Crippen LogP contribution in [0.2, 0.25) is 0 Å². The number of hydrogen-bond donors (Lipinski definition) is 2. The van der Waals surface area contributed by atoms with E-state index in [1.165, 1.54) is 23.0 Å². The van der Waals surface area contributed by atoms with Gasteiger partial charge in [0, 0.05) is 48.1 Å². The summed E-state index contributed by atoms with van der Waals surface area (Å²) in [4.78, 5) is 37.5. The van der Waals surface area contributed by atoms with Crippen LogP contribution in [0.1, 0.15) is 74.1 Å². The molecule has 0 aliphatic carbocycles. The van der Waals surface area contributed by atoms with E-state index in [9.17, 15) is 23.1 Å². The second kappa shape index (κ2) is 14.4. The third kappa shape index (κ3) is 7.36. The quantitative estimate of drug-likeness (QED) is 0.107. The van der Waals surface area contributed by atoms with Gasteiger partial charge in [0.25, 0.3) is 11.5 Å². The van der Waals surface area contributed by atoms with Crippen LogP contribution >= 0.6 is 0 Å². The number of alkyl halides is 2. The number of carboxylic acid groups (broad SMARTS) is 1. The van der Waals surface area contributed by atoms with Gasteiger partial charge in [-0.1, -0.05) is 23.3 Å². The Morgan fingerprint density at radius 1 is 1.19 bits per heavy atom. The molecule has 0 bridgehead atoms. The first-order chi connectivity index (χ1) is 22.8. The fourth-order valence-electron chi connectivity index (χ4n) is 6.59. The summed E-state index contributed by atoms with van der Waals surface area (Å²) in [5, 5.41) is 16.3. The van der Waals surface area contributed by atoms with Gasteiger partial charge in [-0.2, -0.15) is 0 Å². The fraction of sp³-hybridized carbons (Fsp3) is 0.548. The van der Waals surface area contributed by atoms with Gasteiger partial charge in [0.2, 0.25) is 0 Å². The van der Waals surface area contributed by atoms with Crippen molar-refractivity contribution in [3.63, 3.8) is 0 Å². The maximum Gasteiger partial charge on any atom is 0.407 e. The van der Waals surface area contributed by atoms with E-state index in [1.54, 1.807) is 13.0 Å². The van der Waals surface area contributed by atoms with Crippen LogP contribution in [0.5, 0.6) is 0 Å². The first kappa shape index (κ1) is 35.0. The van der Waals surface area contributed by atoms with E-state index in [4.69, 9.17) is 5.53 Å². The molecule has 1 atom stereocenters. The third-order valence-corrected chi connectivity index (χ3v) is 11.1. The van der Waals surface area contributed by atoms with Crippen LogP contribution in [-0.2, 0) is 22.3 Å². The Labute approximate surface area is 274 Å². The number of piperidine rings is 1. The SMILES string of the molecule is CC(Nc1ncnc2c1cc(C1CCS(=O)(=O)CC1)c(=O)n2CCCCN=[N+]=[N-])c1cccc(C(F)(F)C2CCN(C(=O)O)CC2)c1F. The second-order valence-electron chi connectivity index (χ2n) is 12.3. The van der Waals surface area contributed by atoms with Crippen LogP contribution < -0.4 is 10.9 Å². The number of nitrogens with one attached hydrogen (secondary N) is 1. The molecule has 1 aromatic carbocycles. The van der Waals surface area contributed by atoms with Crippen molar-refractivity contribution >= 4 is 32.8 Å². The highest BCUT2D eigenvalue weighted by atomic mass is 32.2. The normalized spacial score (nSPS) is 18.0. The standard InChI is InChI=1S/C31H37F3N8O5S/c1-19(22-5-4-6-25(26(22)32)31(33,34)21-7-13-41(14-8-21)30(44)45)39-27-24-17-23(20-9-15-48(46,47)16-10-20)29(43)42(28(24)37-18-36-27)12-3-2-11-38-40-35/h4-6,17-21H,2-3,7-16H2,1H3,(H,44,45)(H,36,37,39). The van der Waals surface area contributed by atoms with Gasteiger partial charge in [0.15, 0.2) is 0 Å². The highest BCUT2D eigenvalue weighted by molar-refractivity contribution is 7.91. The summed E-state index contributed by atoms with van der Waals surface area (Å²) < 4.78 is 73.0. The average molecular weight is 691 g/mol. The van der Waals surface area contributed by atoms with Gasteiger partial charge in [0.1, 0.15) is 33.4 Å². The van der Waals surface area contributed by atoms with E-state index >= 15 is 13.2 Å². The number of benzene rings is 1. The van der Waals surface area contributed by atoms with Crippen molar-refractivity contribution < 1.29 is 31.5 Å². The largest absolute Gasteiger partial charge is 0.465 e. The summed E-state index contributed by atoms with van der Waals surface area (Å²) in [7, 11) is -3.20. The van der Waals surface area contributed by atoms with E-state index in [2.05, 4.69) is 25.3 Å². The topological polar surface area (TPSA) is 183 Å². The zero-order valence-corrected chi connectivity index (χ0v) is 27.2.